The number of benzene rings is 2. The van der Waals surface area contributed by atoms with Crippen molar-refractivity contribution in [3.63, 3.8) is 0 Å². The molecule has 4 heteroatoms. The Labute approximate surface area is 123 Å². The topological polar surface area (TPSA) is 59.2 Å². The van der Waals surface area contributed by atoms with Gasteiger partial charge in [-0.15, -0.1) is 0 Å². The maximum Gasteiger partial charge on any atom is 0.231 e. The molecule has 4 nitrogen and oxygen atoms in total. The fraction of sp³-hybridized carbons (Fsp3) is 0.176. The van der Waals surface area contributed by atoms with Crippen molar-refractivity contribution in [1.29, 1.82) is 0 Å². The first-order chi connectivity index (χ1) is 10.2. The molecule has 0 fully saturated rings. The molecular formula is C17H16N2O2. The summed E-state index contributed by atoms with van der Waals surface area (Å²) in [6, 6.07) is 15.4. The van der Waals surface area contributed by atoms with Crippen LogP contribution in [-0.2, 0) is 12.8 Å². The van der Waals surface area contributed by atoms with Gasteiger partial charge in [-0.2, -0.15) is 4.98 Å². The van der Waals surface area contributed by atoms with Crippen LogP contribution in [0.5, 0.6) is 5.75 Å². The zero-order chi connectivity index (χ0) is 14.7. The van der Waals surface area contributed by atoms with E-state index in [1.807, 2.05) is 24.3 Å². The highest BCUT2D eigenvalue weighted by molar-refractivity contribution is 5.33. The molecule has 0 bridgehead atoms. The van der Waals surface area contributed by atoms with Crippen LogP contribution in [0.1, 0.15) is 28.4 Å². The highest BCUT2D eigenvalue weighted by atomic mass is 16.5. The van der Waals surface area contributed by atoms with Gasteiger partial charge in [-0.05, 0) is 18.6 Å². The van der Waals surface area contributed by atoms with Gasteiger partial charge in [0.05, 0.1) is 6.42 Å². The molecule has 1 aromatic heterocycles. The Hall–Kier alpha value is -2.62. The van der Waals surface area contributed by atoms with Crippen LogP contribution in [-0.4, -0.2) is 15.2 Å². The molecule has 0 saturated carbocycles. The van der Waals surface area contributed by atoms with Crippen molar-refractivity contribution in [1.82, 2.24) is 10.1 Å². The van der Waals surface area contributed by atoms with Crippen molar-refractivity contribution in [3.05, 3.63) is 76.9 Å². The zero-order valence-electron chi connectivity index (χ0n) is 11.8. The van der Waals surface area contributed by atoms with Crippen molar-refractivity contribution in [2.45, 2.75) is 19.8 Å². The molecule has 0 amide bonds. The number of hydrogen-bond donors (Lipinski definition) is 1. The number of aryl methyl sites for hydroxylation is 1. The molecule has 0 aliphatic rings. The Balaban J connectivity index is 1.73. The van der Waals surface area contributed by atoms with Gasteiger partial charge in [-0.1, -0.05) is 53.2 Å². The predicted molar refractivity (Wildman–Crippen MR) is 79.2 cm³/mol. The molecule has 0 aliphatic heterocycles. The molecule has 1 N–H and O–H groups in total. The first kappa shape index (κ1) is 13.4. The van der Waals surface area contributed by atoms with E-state index in [0.717, 1.165) is 11.1 Å². The van der Waals surface area contributed by atoms with E-state index < -0.39 is 0 Å². The Morgan fingerprint density at radius 3 is 2.71 bits per heavy atom. The minimum atomic E-state index is 0.246. The van der Waals surface area contributed by atoms with Gasteiger partial charge >= 0.3 is 0 Å². The van der Waals surface area contributed by atoms with Crippen molar-refractivity contribution in [2.24, 2.45) is 0 Å². The Bertz CT molecular complexity index is 750. The fourth-order valence-corrected chi connectivity index (χ4v) is 2.26. The van der Waals surface area contributed by atoms with Crippen LogP contribution in [0.3, 0.4) is 0 Å². The summed E-state index contributed by atoms with van der Waals surface area (Å²) in [6.45, 7) is 2.06. The number of aromatic hydroxyl groups is 1. The number of phenols is 1. The van der Waals surface area contributed by atoms with Gasteiger partial charge < -0.3 is 9.63 Å². The van der Waals surface area contributed by atoms with Crippen molar-refractivity contribution in [2.75, 3.05) is 0 Å². The largest absolute Gasteiger partial charge is 0.508 e. The van der Waals surface area contributed by atoms with Crippen LogP contribution in [0.4, 0.5) is 0 Å². The summed E-state index contributed by atoms with van der Waals surface area (Å²) in [6.07, 6.45) is 1.08. The summed E-state index contributed by atoms with van der Waals surface area (Å²) in [5, 5.41) is 13.8. The molecule has 21 heavy (non-hydrogen) atoms. The maximum atomic E-state index is 9.75. The van der Waals surface area contributed by atoms with Gasteiger partial charge in [0.15, 0.2) is 5.82 Å². The van der Waals surface area contributed by atoms with Gasteiger partial charge in [0.1, 0.15) is 5.75 Å². The van der Waals surface area contributed by atoms with Crippen LogP contribution in [0.15, 0.2) is 53.1 Å². The highest BCUT2D eigenvalue weighted by Gasteiger charge is 2.10. The summed E-state index contributed by atoms with van der Waals surface area (Å²) < 4.78 is 5.25. The smallest absolute Gasteiger partial charge is 0.231 e. The quantitative estimate of drug-likeness (QED) is 0.797. The van der Waals surface area contributed by atoms with Crippen molar-refractivity contribution in [3.8, 4) is 5.75 Å². The molecule has 0 saturated heterocycles. The maximum absolute atomic E-state index is 9.75. The summed E-state index contributed by atoms with van der Waals surface area (Å²) in [4.78, 5) is 4.38. The van der Waals surface area contributed by atoms with Gasteiger partial charge in [0.2, 0.25) is 5.89 Å². The highest BCUT2D eigenvalue weighted by Crippen LogP contribution is 2.19. The molecule has 3 aromatic rings. The predicted octanol–water partition coefficient (Wildman–Crippen LogP) is 3.27. The lowest BCUT2D eigenvalue weighted by Gasteiger charge is -1.99. The van der Waals surface area contributed by atoms with Crippen LogP contribution in [0, 0.1) is 6.92 Å². The molecule has 2 aromatic carbocycles. The minimum absolute atomic E-state index is 0.246. The lowest BCUT2D eigenvalue weighted by atomic mass is 10.1. The van der Waals surface area contributed by atoms with E-state index in [1.165, 1.54) is 5.56 Å². The summed E-state index contributed by atoms with van der Waals surface area (Å²) in [7, 11) is 0. The Morgan fingerprint density at radius 1 is 1.05 bits per heavy atom. The average Bonchev–Trinajstić information content (AvgIpc) is 2.89. The fourth-order valence-electron chi connectivity index (χ4n) is 2.26. The third kappa shape index (κ3) is 3.28. The molecule has 1 heterocycles. The summed E-state index contributed by atoms with van der Waals surface area (Å²) in [5.41, 5.74) is 3.15. The van der Waals surface area contributed by atoms with E-state index in [0.29, 0.717) is 24.6 Å². The SMILES string of the molecule is Cc1cccc(Cc2noc(Cc3ccccc3O)n2)c1. The van der Waals surface area contributed by atoms with Gasteiger partial charge in [0.25, 0.3) is 0 Å². The zero-order valence-corrected chi connectivity index (χ0v) is 11.8. The van der Waals surface area contributed by atoms with Crippen molar-refractivity contribution >= 4 is 0 Å². The lowest BCUT2D eigenvalue weighted by Crippen LogP contribution is -1.93. The summed E-state index contributed by atoms with van der Waals surface area (Å²) in [5.74, 6) is 1.42. The second-order valence-electron chi connectivity index (χ2n) is 5.08. The minimum Gasteiger partial charge on any atom is -0.508 e. The lowest BCUT2D eigenvalue weighted by molar-refractivity contribution is 0.378. The standard InChI is InChI=1S/C17H16N2O2/c1-12-5-4-6-13(9-12)10-16-18-17(21-19-16)11-14-7-2-3-8-15(14)20/h2-9,20H,10-11H2,1H3. The van der Waals surface area contributed by atoms with E-state index in [2.05, 4.69) is 29.2 Å². The Morgan fingerprint density at radius 2 is 1.90 bits per heavy atom. The third-order valence-electron chi connectivity index (χ3n) is 3.29. The van der Waals surface area contributed by atoms with Gasteiger partial charge in [0, 0.05) is 12.0 Å². The number of rotatable bonds is 4. The van der Waals surface area contributed by atoms with E-state index in [4.69, 9.17) is 4.52 Å². The molecule has 3 rings (SSSR count). The van der Waals surface area contributed by atoms with E-state index in [9.17, 15) is 5.11 Å². The van der Waals surface area contributed by atoms with Gasteiger partial charge in [-0.3, -0.25) is 0 Å². The first-order valence-electron chi connectivity index (χ1n) is 6.84. The van der Waals surface area contributed by atoms with E-state index in [-0.39, 0.29) is 5.75 Å². The third-order valence-corrected chi connectivity index (χ3v) is 3.29. The van der Waals surface area contributed by atoms with Crippen molar-refractivity contribution < 1.29 is 9.63 Å². The van der Waals surface area contributed by atoms with Crippen LogP contribution in [0.2, 0.25) is 0 Å². The second kappa shape index (κ2) is 5.79. The number of phenolic OH excluding ortho intramolecular Hbond substituents is 1. The van der Waals surface area contributed by atoms with E-state index in [1.54, 1.807) is 12.1 Å². The molecule has 0 unspecified atom stereocenters. The molecule has 0 spiro atoms. The van der Waals surface area contributed by atoms with Crippen LogP contribution >= 0.6 is 0 Å². The Kier molecular flexibility index (Phi) is 3.69. The van der Waals surface area contributed by atoms with E-state index >= 15 is 0 Å². The average molecular weight is 280 g/mol. The molecule has 0 radical (unpaired) electrons. The number of para-hydroxylation sites is 1. The van der Waals surface area contributed by atoms with Gasteiger partial charge in [-0.25, -0.2) is 0 Å². The molecular weight excluding hydrogens is 264 g/mol. The molecule has 0 atom stereocenters. The van der Waals surface area contributed by atoms with Crippen LogP contribution in [0.25, 0.3) is 0 Å². The first-order valence-corrected chi connectivity index (χ1v) is 6.84. The molecule has 106 valence electrons. The molecule has 0 aliphatic carbocycles. The monoisotopic (exact) mass is 280 g/mol. The van der Waals surface area contributed by atoms with Crippen LogP contribution < -0.4 is 0 Å². The number of hydrogen-bond acceptors (Lipinski definition) is 4. The number of nitrogens with zero attached hydrogens (tertiary/aromatic N) is 2. The number of aromatic nitrogens is 2. The summed E-state index contributed by atoms with van der Waals surface area (Å²) >= 11 is 0. The normalized spacial score (nSPS) is 10.7. The second-order valence-corrected chi connectivity index (χ2v) is 5.08.